The van der Waals surface area contributed by atoms with Gasteiger partial charge in [-0.15, -0.1) is 0 Å². The molecule has 0 saturated carbocycles. The van der Waals surface area contributed by atoms with Gasteiger partial charge in [-0.1, -0.05) is 30.3 Å². The molecule has 1 atom stereocenters. The molecule has 2 fully saturated rings. The van der Waals surface area contributed by atoms with Gasteiger partial charge in [0.1, 0.15) is 5.66 Å². The summed E-state index contributed by atoms with van der Waals surface area (Å²) in [6.45, 7) is 6.30. The molecule has 0 bridgehead atoms. The fourth-order valence-electron chi connectivity index (χ4n) is 2.86. The second-order valence-corrected chi connectivity index (χ2v) is 4.84. The summed E-state index contributed by atoms with van der Waals surface area (Å²) < 4.78 is 5.47. The van der Waals surface area contributed by atoms with Crippen molar-refractivity contribution in [1.82, 2.24) is 15.5 Å². The first-order valence-corrected chi connectivity index (χ1v) is 6.69. The number of hydrogen-bond donors (Lipinski definition) is 1. The summed E-state index contributed by atoms with van der Waals surface area (Å²) in [5, 5.41) is 8.46. The fourth-order valence-corrected chi connectivity index (χ4v) is 2.86. The Balaban J connectivity index is 1.92. The van der Waals surface area contributed by atoms with E-state index in [0.717, 1.165) is 45.9 Å². The quantitative estimate of drug-likeness (QED) is 0.820. The Labute approximate surface area is 108 Å². The van der Waals surface area contributed by atoms with Crippen LogP contribution < -0.4 is 10.6 Å². The summed E-state index contributed by atoms with van der Waals surface area (Å²) in [6, 6.07) is 10.6. The first kappa shape index (κ1) is 12.1. The first-order valence-electron chi connectivity index (χ1n) is 6.69. The zero-order chi connectivity index (χ0) is 12.3. The van der Waals surface area contributed by atoms with Gasteiger partial charge >= 0.3 is 0 Å². The van der Waals surface area contributed by atoms with Gasteiger partial charge in [-0.3, -0.25) is 4.90 Å². The minimum atomic E-state index is -0.191. The van der Waals surface area contributed by atoms with Gasteiger partial charge in [-0.05, 0) is 5.56 Å². The number of morpholine rings is 1. The number of rotatable bonds is 2. The van der Waals surface area contributed by atoms with E-state index in [9.17, 15) is 0 Å². The van der Waals surface area contributed by atoms with Gasteiger partial charge in [0.2, 0.25) is 0 Å². The van der Waals surface area contributed by atoms with Crippen LogP contribution in [-0.4, -0.2) is 50.8 Å². The SMILES string of the molecule is c1ccc(C2(N3CCOCC3)CNCC[N]2)cc1. The second-order valence-electron chi connectivity index (χ2n) is 4.84. The van der Waals surface area contributed by atoms with E-state index >= 15 is 0 Å². The van der Waals surface area contributed by atoms with Gasteiger partial charge in [0, 0.05) is 32.7 Å². The fraction of sp³-hybridized carbons (Fsp3) is 0.571. The Morgan fingerprint density at radius 2 is 1.94 bits per heavy atom. The highest BCUT2D eigenvalue weighted by Crippen LogP contribution is 2.28. The van der Waals surface area contributed by atoms with Gasteiger partial charge in [0.25, 0.3) is 0 Å². The maximum absolute atomic E-state index is 5.47. The molecule has 1 radical (unpaired) electrons. The molecule has 1 unspecified atom stereocenters. The molecular weight excluding hydrogens is 226 g/mol. The van der Waals surface area contributed by atoms with Crippen LogP contribution in [0.5, 0.6) is 0 Å². The van der Waals surface area contributed by atoms with Crippen molar-refractivity contribution in [1.29, 1.82) is 0 Å². The predicted octanol–water partition coefficient (Wildman–Crippen LogP) is 0.379. The number of hydrogen-bond acceptors (Lipinski definition) is 3. The topological polar surface area (TPSA) is 38.6 Å². The Bertz CT molecular complexity index is 370. The maximum Gasteiger partial charge on any atom is 0.126 e. The molecule has 4 heteroatoms. The molecule has 2 aliphatic rings. The average molecular weight is 246 g/mol. The van der Waals surface area contributed by atoms with Crippen LogP contribution in [0.3, 0.4) is 0 Å². The average Bonchev–Trinajstić information content (AvgIpc) is 2.50. The molecule has 18 heavy (non-hydrogen) atoms. The maximum atomic E-state index is 5.47. The molecule has 1 aromatic rings. The highest BCUT2D eigenvalue weighted by molar-refractivity contribution is 5.25. The van der Waals surface area contributed by atoms with E-state index < -0.39 is 0 Å². The number of ether oxygens (including phenoxy) is 1. The van der Waals surface area contributed by atoms with Crippen molar-refractivity contribution >= 4 is 0 Å². The summed E-state index contributed by atoms with van der Waals surface area (Å²) >= 11 is 0. The van der Waals surface area contributed by atoms with Crippen LogP contribution in [0.15, 0.2) is 30.3 Å². The highest BCUT2D eigenvalue weighted by Gasteiger charge is 2.41. The molecule has 0 spiro atoms. The van der Waals surface area contributed by atoms with Gasteiger partial charge in [0.15, 0.2) is 0 Å². The van der Waals surface area contributed by atoms with Crippen LogP contribution in [0.4, 0.5) is 0 Å². The minimum absolute atomic E-state index is 0.191. The molecule has 1 aromatic carbocycles. The summed E-state index contributed by atoms with van der Waals surface area (Å²) in [7, 11) is 0. The van der Waals surface area contributed by atoms with Crippen molar-refractivity contribution in [2.45, 2.75) is 5.66 Å². The molecular formula is C14H20N3O. The number of nitrogens with one attached hydrogen (secondary N) is 1. The van der Waals surface area contributed by atoms with Crippen molar-refractivity contribution in [3.63, 3.8) is 0 Å². The van der Waals surface area contributed by atoms with E-state index in [2.05, 4.69) is 40.5 Å². The van der Waals surface area contributed by atoms with Gasteiger partial charge in [-0.25, -0.2) is 5.32 Å². The van der Waals surface area contributed by atoms with Crippen molar-refractivity contribution in [2.75, 3.05) is 45.9 Å². The minimum Gasteiger partial charge on any atom is -0.379 e. The summed E-state index contributed by atoms with van der Waals surface area (Å²) in [5.74, 6) is 0. The molecule has 3 rings (SSSR count). The van der Waals surface area contributed by atoms with Crippen molar-refractivity contribution < 1.29 is 4.74 Å². The lowest BCUT2D eigenvalue weighted by molar-refractivity contribution is -0.0474. The van der Waals surface area contributed by atoms with Crippen molar-refractivity contribution in [3.8, 4) is 0 Å². The third-order valence-corrected chi connectivity index (χ3v) is 3.80. The number of benzene rings is 1. The molecule has 4 nitrogen and oxygen atoms in total. The summed E-state index contributed by atoms with van der Waals surface area (Å²) in [5.41, 5.74) is 1.10. The lowest BCUT2D eigenvalue weighted by Crippen LogP contribution is -2.64. The smallest absolute Gasteiger partial charge is 0.126 e. The Morgan fingerprint density at radius 3 is 2.61 bits per heavy atom. The normalized spacial score (nSPS) is 30.2. The molecule has 1 N–H and O–H groups in total. The molecule has 2 aliphatic heterocycles. The molecule has 2 saturated heterocycles. The summed E-state index contributed by atoms with van der Waals surface area (Å²) in [4.78, 5) is 2.46. The van der Waals surface area contributed by atoms with Crippen LogP contribution in [0.2, 0.25) is 0 Å². The predicted molar refractivity (Wildman–Crippen MR) is 70.4 cm³/mol. The van der Waals surface area contributed by atoms with Crippen LogP contribution in [0.25, 0.3) is 0 Å². The molecule has 0 amide bonds. The van der Waals surface area contributed by atoms with E-state index in [0.29, 0.717) is 0 Å². The van der Waals surface area contributed by atoms with Crippen LogP contribution in [0, 0.1) is 0 Å². The van der Waals surface area contributed by atoms with Crippen LogP contribution in [0.1, 0.15) is 5.56 Å². The van der Waals surface area contributed by atoms with Gasteiger partial charge in [0.05, 0.1) is 13.2 Å². The molecule has 2 heterocycles. The van der Waals surface area contributed by atoms with Crippen molar-refractivity contribution in [2.24, 2.45) is 0 Å². The largest absolute Gasteiger partial charge is 0.379 e. The summed E-state index contributed by atoms with van der Waals surface area (Å²) in [6.07, 6.45) is 0. The van der Waals surface area contributed by atoms with E-state index in [4.69, 9.17) is 10.1 Å². The highest BCUT2D eigenvalue weighted by atomic mass is 16.5. The Kier molecular flexibility index (Phi) is 3.61. The zero-order valence-corrected chi connectivity index (χ0v) is 10.6. The molecule has 97 valence electrons. The van der Waals surface area contributed by atoms with Crippen LogP contribution in [-0.2, 0) is 10.4 Å². The molecule has 0 aliphatic carbocycles. The van der Waals surface area contributed by atoms with E-state index in [1.54, 1.807) is 0 Å². The Hall–Kier alpha value is -0.940. The van der Waals surface area contributed by atoms with E-state index in [1.807, 2.05) is 0 Å². The lowest BCUT2D eigenvalue weighted by Gasteiger charge is -2.47. The van der Waals surface area contributed by atoms with E-state index in [1.165, 1.54) is 5.56 Å². The van der Waals surface area contributed by atoms with E-state index in [-0.39, 0.29) is 5.66 Å². The first-order chi connectivity index (χ1) is 8.92. The third-order valence-electron chi connectivity index (χ3n) is 3.80. The van der Waals surface area contributed by atoms with Crippen molar-refractivity contribution in [3.05, 3.63) is 35.9 Å². The monoisotopic (exact) mass is 246 g/mol. The second kappa shape index (κ2) is 5.36. The molecule has 0 aromatic heterocycles. The number of nitrogens with zero attached hydrogens (tertiary/aromatic N) is 2. The zero-order valence-electron chi connectivity index (χ0n) is 10.6. The third kappa shape index (κ3) is 2.17. The van der Waals surface area contributed by atoms with Crippen LogP contribution >= 0.6 is 0 Å². The standard InChI is InChI=1S/C14H20N3O/c1-2-4-13(5-3-1)14(12-15-6-7-16-14)17-8-10-18-11-9-17/h1-5,15H,6-12H2. The lowest BCUT2D eigenvalue weighted by atomic mass is 9.95. The van der Waals surface area contributed by atoms with Gasteiger partial charge < -0.3 is 10.1 Å². The van der Waals surface area contributed by atoms with Gasteiger partial charge in [-0.2, -0.15) is 0 Å². The Morgan fingerprint density at radius 1 is 1.17 bits per heavy atom. The number of piperazine rings is 1.